The standard InChI is InChI=1S/C32H40N4O4/c1-22(2)24-11-13-25(14-12-24)30(31(37)35-26-8-6-5-7-9-26)36(32(38)27-21-33-17-18-34-27)19-16-23-10-15-28(39-3)29(20-23)40-4/h10-15,17-18,20-22,26,30H,5-9,16,19H2,1-4H3,(H,35,37). The monoisotopic (exact) mass is 544 g/mol. The van der Waals surface area contributed by atoms with Crippen LogP contribution in [0.3, 0.4) is 0 Å². The zero-order valence-electron chi connectivity index (χ0n) is 23.9. The van der Waals surface area contributed by atoms with E-state index in [2.05, 4.69) is 29.1 Å². The first-order valence-electron chi connectivity index (χ1n) is 14.1. The molecule has 0 radical (unpaired) electrons. The molecular weight excluding hydrogens is 504 g/mol. The third-order valence-corrected chi connectivity index (χ3v) is 7.56. The number of benzene rings is 2. The molecule has 0 spiro atoms. The maximum Gasteiger partial charge on any atom is 0.275 e. The molecule has 0 bridgehead atoms. The molecule has 1 N–H and O–H groups in total. The molecule has 2 aromatic carbocycles. The molecule has 1 aliphatic carbocycles. The molecule has 2 amide bonds. The van der Waals surface area contributed by atoms with Crippen molar-refractivity contribution in [3.8, 4) is 11.5 Å². The minimum Gasteiger partial charge on any atom is -0.493 e. The van der Waals surface area contributed by atoms with Gasteiger partial charge in [-0.15, -0.1) is 0 Å². The number of methoxy groups -OCH3 is 2. The van der Waals surface area contributed by atoms with Gasteiger partial charge in [-0.05, 0) is 54.0 Å². The second kappa shape index (κ2) is 13.9. The topological polar surface area (TPSA) is 93.7 Å². The fraction of sp³-hybridized carbons (Fsp3) is 0.438. The van der Waals surface area contributed by atoms with Gasteiger partial charge in [-0.2, -0.15) is 0 Å². The van der Waals surface area contributed by atoms with Gasteiger partial charge < -0.3 is 19.7 Å². The van der Waals surface area contributed by atoms with Gasteiger partial charge in [-0.25, -0.2) is 4.98 Å². The highest BCUT2D eigenvalue weighted by Gasteiger charge is 2.34. The van der Waals surface area contributed by atoms with E-state index in [1.165, 1.54) is 30.6 Å². The Morgan fingerprint density at radius 1 is 0.950 bits per heavy atom. The number of hydrogen-bond donors (Lipinski definition) is 1. The van der Waals surface area contributed by atoms with Gasteiger partial charge in [-0.1, -0.05) is 63.4 Å². The highest BCUT2D eigenvalue weighted by Crippen LogP contribution is 2.30. The summed E-state index contributed by atoms with van der Waals surface area (Å²) >= 11 is 0. The Hall–Kier alpha value is -3.94. The van der Waals surface area contributed by atoms with E-state index in [1.807, 2.05) is 42.5 Å². The van der Waals surface area contributed by atoms with Crippen LogP contribution in [0, 0.1) is 0 Å². The quantitative estimate of drug-likeness (QED) is 0.343. The summed E-state index contributed by atoms with van der Waals surface area (Å²) in [4.78, 5) is 38.0. The van der Waals surface area contributed by atoms with E-state index in [1.54, 1.807) is 19.1 Å². The van der Waals surface area contributed by atoms with E-state index < -0.39 is 6.04 Å². The third kappa shape index (κ3) is 7.17. The molecule has 1 fully saturated rings. The van der Waals surface area contributed by atoms with Crippen molar-refractivity contribution >= 4 is 11.8 Å². The fourth-order valence-electron chi connectivity index (χ4n) is 5.25. The first-order chi connectivity index (χ1) is 19.4. The minimum atomic E-state index is -0.821. The van der Waals surface area contributed by atoms with Crippen LogP contribution in [0.25, 0.3) is 0 Å². The number of amides is 2. The van der Waals surface area contributed by atoms with E-state index in [4.69, 9.17) is 9.47 Å². The van der Waals surface area contributed by atoms with Crippen molar-refractivity contribution in [2.24, 2.45) is 0 Å². The van der Waals surface area contributed by atoms with Crippen molar-refractivity contribution in [3.05, 3.63) is 83.4 Å². The van der Waals surface area contributed by atoms with Crippen LogP contribution in [-0.2, 0) is 11.2 Å². The van der Waals surface area contributed by atoms with Crippen LogP contribution in [0.1, 0.15) is 85.1 Å². The van der Waals surface area contributed by atoms with Crippen molar-refractivity contribution in [3.63, 3.8) is 0 Å². The third-order valence-electron chi connectivity index (χ3n) is 7.56. The number of rotatable bonds is 11. The Morgan fingerprint density at radius 3 is 2.27 bits per heavy atom. The number of nitrogens with one attached hydrogen (secondary N) is 1. The van der Waals surface area contributed by atoms with Gasteiger partial charge in [0.25, 0.3) is 5.91 Å². The molecule has 1 aromatic heterocycles. The summed E-state index contributed by atoms with van der Waals surface area (Å²) < 4.78 is 10.9. The lowest BCUT2D eigenvalue weighted by Crippen LogP contribution is -2.47. The first kappa shape index (κ1) is 29.1. The van der Waals surface area contributed by atoms with Gasteiger partial charge in [0.1, 0.15) is 11.7 Å². The molecule has 0 aliphatic heterocycles. The van der Waals surface area contributed by atoms with Crippen LogP contribution in [0.15, 0.2) is 61.1 Å². The van der Waals surface area contributed by atoms with Crippen LogP contribution < -0.4 is 14.8 Å². The van der Waals surface area contributed by atoms with Crippen LogP contribution in [0.2, 0.25) is 0 Å². The SMILES string of the molecule is COc1ccc(CCN(C(=O)c2cnccn2)C(C(=O)NC2CCCCC2)c2ccc(C(C)C)cc2)cc1OC. The highest BCUT2D eigenvalue weighted by molar-refractivity contribution is 5.96. The van der Waals surface area contributed by atoms with Crippen molar-refractivity contribution < 1.29 is 19.1 Å². The fourth-order valence-corrected chi connectivity index (χ4v) is 5.25. The van der Waals surface area contributed by atoms with E-state index >= 15 is 0 Å². The van der Waals surface area contributed by atoms with Crippen molar-refractivity contribution in [2.75, 3.05) is 20.8 Å². The van der Waals surface area contributed by atoms with E-state index in [-0.39, 0.29) is 23.6 Å². The van der Waals surface area contributed by atoms with Crippen molar-refractivity contribution in [1.29, 1.82) is 0 Å². The molecule has 1 unspecified atom stereocenters. The normalized spacial score (nSPS) is 14.4. The van der Waals surface area contributed by atoms with Crippen LogP contribution in [0.4, 0.5) is 0 Å². The summed E-state index contributed by atoms with van der Waals surface area (Å²) in [5, 5.41) is 3.27. The predicted octanol–water partition coefficient (Wildman–Crippen LogP) is 5.49. The van der Waals surface area contributed by atoms with Gasteiger partial charge in [0.05, 0.1) is 20.4 Å². The van der Waals surface area contributed by atoms with Crippen LogP contribution in [-0.4, -0.2) is 53.5 Å². The average Bonchev–Trinajstić information content (AvgIpc) is 2.99. The molecule has 1 aliphatic rings. The molecule has 1 atom stereocenters. The lowest BCUT2D eigenvalue weighted by Gasteiger charge is -2.33. The predicted molar refractivity (Wildman–Crippen MR) is 155 cm³/mol. The molecule has 3 aromatic rings. The Kier molecular flexibility index (Phi) is 10.1. The molecule has 1 heterocycles. The van der Waals surface area contributed by atoms with E-state index in [0.717, 1.165) is 36.8 Å². The summed E-state index contributed by atoms with van der Waals surface area (Å²) in [6, 6.07) is 13.0. The molecule has 0 saturated heterocycles. The number of ether oxygens (including phenoxy) is 2. The van der Waals surface area contributed by atoms with E-state index in [9.17, 15) is 9.59 Å². The Balaban J connectivity index is 1.71. The van der Waals surface area contributed by atoms with E-state index in [0.29, 0.717) is 30.4 Å². The van der Waals surface area contributed by atoms with Gasteiger partial charge in [0.15, 0.2) is 11.5 Å². The van der Waals surface area contributed by atoms with Crippen LogP contribution >= 0.6 is 0 Å². The lowest BCUT2D eigenvalue weighted by atomic mass is 9.94. The molecule has 8 heteroatoms. The molecular formula is C32H40N4O4. The van der Waals surface area contributed by atoms with Gasteiger partial charge >= 0.3 is 0 Å². The maximum atomic E-state index is 14.0. The van der Waals surface area contributed by atoms with Gasteiger partial charge in [0.2, 0.25) is 5.91 Å². The molecule has 212 valence electrons. The molecule has 1 saturated carbocycles. The Morgan fingerprint density at radius 2 is 1.65 bits per heavy atom. The molecule has 4 rings (SSSR count). The number of carbonyl (C=O) groups excluding carboxylic acids is 2. The van der Waals surface area contributed by atoms with Gasteiger partial charge in [0, 0.05) is 25.0 Å². The Bertz CT molecular complexity index is 1260. The van der Waals surface area contributed by atoms with Gasteiger partial charge in [-0.3, -0.25) is 14.6 Å². The summed E-state index contributed by atoms with van der Waals surface area (Å²) in [7, 11) is 3.19. The second-order valence-corrected chi connectivity index (χ2v) is 10.6. The number of nitrogens with zero attached hydrogens (tertiary/aromatic N) is 3. The van der Waals surface area contributed by atoms with Crippen LogP contribution in [0.5, 0.6) is 11.5 Å². The highest BCUT2D eigenvalue weighted by atomic mass is 16.5. The largest absolute Gasteiger partial charge is 0.493 e. The number of carbonyl (C=O) groups is 2. The molecule has 40 heavy (non-hydrogen) atoms. The number of aromatic nitrogens is 2. The summed E-state index contributed by atoms with van der Waals surface area (Å²) in [6.45, 7) is 4.56. The van der Waals surface area contributed by atoms with Crippen molar-refractivity contribution in [1.82, 2.24) is 20.2 Å². The lowest BCUT2D eigenvalue weighted by molar-refractivity contribution is -0.126. The second-order valence-electron chi connectivity index (χ2n) is 10.6. The smallest absolute Gasteiger partial charge is 0.275 e. The maximum absolute atomic E-state index is 14.0. The van der Waals surface area contributed by atoms with Crippen molar-refractivity contribution in [2.45, 2.75) is 70.4 Å². The average molecular weight is 545 g/mol. The molecule has 8 nitrogen and oxygen atoms in total. The minimum absolute atomic E-state index is 0.109. The first-order valence-corrected chi connectivity index (χ1v) is 14.1. The summed E-state index contributed by atoms with van der Waals surface area (Å²) in [5.41, 5.74) is 3.09. The summed E-state index contributed by atoms with van der Waals surface area (Å²) in [5.74, 6) is 1.08. The number of hydrogen-bond acceptors (Lipinski definition) is 6. The zero-order valence-corrected chi connectivity index (χ0v) is 23.9. The zero-order chi connectivity index (χ0) is 28.5. The Labute approximate surface area is 237 Å². The summed E-state index contributed by atoms with van der Waals surface area (Å²) in [6.07, 6.45) is 10.3.